The van der Waals surface area contributed by atoms with Gasteiger partial charge < -0.3 is 14.0 Å². The van der Waals surface area contributed by atoms with Crippen molar-refractivity contribution >= 4 is 13.1 Å². The molecule has 5 heteroatoms. The monoisotopic (exact) mass is 276 g/mol. The highest BCUT2D eigenvalue weighted by molar-refractivity contribution is 6.37. The van der Waals surface area contributed by atoms with E-state index < -0.39 is 18.5 Å². The lowest BCUT2D eigenvalue weighted by atomic mass is 9.90. The molecule has 1 aliphatic heterocycles. The summed E-state index contributed by atoms with van der Waals surface area (Å²) >= 11 is 0. The van der Waals surface area contributed by atoms with Crippen molar-refractivity contribution in [1.82, 2.24) is 0 Å². The van der Waals surface area contributed by atoms with E-state index in [9.17, 15) is 4.79 Å². The Bertz CT molecular complexity index is 477. The van der Waals surface area contributed by atoms with E-state index in [1.165, 1.54) is 0 Å². The minimum Gasteiger partial charge on any atom is -0.382 e. The van der Waals surface area contributed by atoms with Gasteiger partial charge in [0.25, 0.3) is 0 Å². The van der Waals surface area contributed by atoms with Crippen molar-refractivity contribution in [2.45, 2.75) is 52.4 Å². The van der Waals surface area contributed by atoms with Gasteiger partial charge in [0.1, 0.15) is 0 Å². The molecule has 1 aliphatic rings. The van der Waals surface area contributed by atoms with Gasteiger partial charge in [-0.3, -0.25) is 4.79 Å². The number of hydrogen-bond donors (Lipinski definition) is 0. The topological polar surface area (TPSA) is 44.8 Å². The van der Waals surface area contributed by atoms with Gasteiger partial charge in [0, 0.05) is 5.56 Å². The Balaban J connectivity index is 1.92. The lowest BCUT2D eigenvalue weighted by molar-refractivity contribution is 0.00578. The Morgan fingerprint density at radius 3 is 2.05 bits per heavy atom. The molecule has 0 aliphatic carbocycles. The zero-order chi connectivity index (χ0) is 15.0. The number of hydrogen-bond acceptors (Lipinski definition) is 4. The SMILES string of the molecule is CC(=O)c1ccc(COB2OC(C)(C)C(C)(C)O2)cc1. The summed E-state index contributed by atoms with van der Waals surface area (Å²) < 4.78 is 17.1. The van der Waals surface area contributed by atoms with Crippen LogP contribution in [0.1, 0.15) is 50.5 Å². The van der Waals surface area contributed by atoms with Crippen LogP contribution in [0, 0.1) is 0 Å². The third kappa shape index (κ3) is 3.11. The molecule has 0 atom stereocenters. The highest BCUT2D eigenvalue weighted by Crippen LogP contribution is 2.37. The minimum atomic E-state index is -0.660. The standard InChI is InChI=1S/C15H21BO4/c1-11(17)13-8-6-12(7-9-13)10-18-16-19-14(2,3)15(4,5)20-16/h6-9H,10H2,1-5H3. The number of Topliss-reactive ketones (excluding diaryl/α,β-unsaturated/α-hetero) is 1. The van der Waals surface area contributed by atoms with Gasteiger partial charge in [-0.15, -0.1) is 0 Å². The molecule has 0 unspecified atom stereocenters. The summed E-state index contributed by atoms with van der Waals surface area (Å²) in [6, 6.07) is 7.35. The molecule has 2 rings (SSSR count). The fourth-order valence-corrected chi connectivity index (χ4v) is 1.86. The van der Waals surface area contributed by atoms with E-state index in [4.69, 9.17) is 14.0 Å². The van der Waals surface area contributed by atoms with Crippen molar-refractivity contribution in [3.05, 3.63) is 35.4 Å². The van der Waals surface area contributed by atoms with E-state index in [1.54, 1.807) is 19.1 Å². The molecule has 0 saturated carbocycles. The van der Waals surface area contributed by atoms with Gasteiger partial charge in [0.05, 0.1) is 17.8 Å². The van der Waals surface area contributed by atoms with Crippen LogP contribution in [0.2, 0.25) is 0 Å². The number of carbonyl (C=O) groups excluding carboxylic acids is 1. The van der Waals surface area contributed by atoms with Crippen molar-refractivity contribution < 1.29 is 18.8 Å². The van der Waals surface area contributed by atoms with Gasteiger partial charge >= 0.3 is 7.32 Å². The van der Waals surface area contributed by atoms with Gasteiger partial charge in [-0.25, -0.2) is 0 Å². The lowest BCUT2D eigenvalue weighted by Gasteiger charge is -2.31. The van der Waals surface area contributed by atoms with Gasteiger partial charge in [0.15, 0.2) is 5.78 Å². The largest absolute Gasteiger partial charge is 0.640 e. The molecule has 108 valence electrons. The first-order valence-electron chi connectivity index (χ1n) is 6.78. The number of benzene rings is 1. The van der Waals surface area contributed by atoms with E-state index >= 15 is 0 Å². The summed E-state index contributed by atoms with van der Waals surface area (Å²) in [6.45, 7) is 9.87. The Kier molecular flexibility index (Phi) is 4.05. The first-order valence-corrected chi connectivity index (χ1v) is 6.78. The molecule has 1 heterocycles. The second-order valence-electron chi connectivity index (χ2n) is 6.11. The third-order valence-corrected chi connectivity index (χ3v) is 3.98. The molecule has 1 aromatic carbocycles. The molecule has 0 bridgehead atoms. The summed E-state index contributed by atoms with van der Waals surface area (Å²) in [7, 11) is -0.660. The number of carbonyl (C=O) groups is 1. The molecule has 1 aromatic rings. The van der Waals surface area contributed by atoms with Crippen molar-refractivity contribution in [2.24, 2.45) is 0 Å². The predicted molar refractivity (Wildman–Crippen MR) is 77.3 cm³/mol. The maximum Gasteiger partial charge on any atom is 0.640 e. The van der Waals surface area contributed by atoms with Crippen LogP contribution in [0.15, 0.2) is 24.3 Å². The van der Waals surface area contributed by atoms with Crippen LogP contribution in [0.4, 0.5) is 0 Å². The molecule has 4 nitrogen and oxygen atoms in total. The van der Waals surface area contributed by atoms with E-state index in [-0.39, 0.29) is 5.78 Å². The van der Waals surface area contributed by atoms with Crippen molar-refractivity contribution in [3.63, 3.8) is 0 Å². The lowest BCUT2D eigenvalue weighted by Crippen LogP contribution is -2.41. The summed E-state index contributed by atoms with van der Waals surface area (Å²) in [5.74, 6) is 0.0587. The van der Waals surface area contributed by atoms with Crippen molar-refractivity contribution in [2.75, 3.05) is 0 Å². The maximum absolute atomic E-state index is 11.2. The zero-order valence-electron chi connectivity index (χ0n) is 12.7. The van der Waals surface area contributed by atoms with Gasteiger partial charge in [-0.05, 0) is 40.2 Å². The van der Waals surface area contributed by atoms with Crippen LogP contribution in [0.5, 0.6) is 0 Å². The Hall–Kier alpha value is -1.17. The molecule has 0 aromatic heterocycles. The van der Waals surface area contributed by atoms with Crippen LogP contribution in [-0.4, -0.2) is 24.3 Å². The second-order valence-corrected chi connectivity index (χ2v) is 6.11. The molecule has 0 spiro atoms. The Labute approximate surface area is 120 Å². The van der Waals surface area contributed by atoms with Crippen molar-refractivity contribution in [3.8, 4) is 0 Å². The Morgan fingerprint density at radius 1 is 1.10 bits per heavy atom. The van der Waals surface area contributed by atoms with Crippen LogP contribution in [0.3, 0.4) is 0 Å². The van der Waals surface area contributed by atoms with Gasteiger partial charge in [-0.2, -0.15) is 0 Å². The molecular formula is C15H21BO4. The highest BCUT2D eigenvalue weighted by Gasteiger charge is 2.52. The zero-order valence-corrected chi connectivity index (χ0v) is 12.7. The first-order chi connectivity index (χ1) is 9.21. The number of rotatable bonds is 4. The molecule has 0 N–H and O–H groups in total. The van der Waals surface area contributed by atoms with E-state index in [0.29, 0.717) is 12.2 Å². The fourth-order valence-electron chi connectivity index (χ4n) is 1.86. The molecule has 0 amide bonds. The van der Waals surface area contributed by atoms with Crippen molar-refractivity contribution in [1.29, 1.82) is 0 Å². The van der Waals surface area contributed by atoms with E-state index in [1.807, 2.05) is 39.8 Å². The van der Waals surface area contributed by atoms with E-state index in [0.717, 1.165) is 5.56 Å². The summed E-state index contributed by atoms with van der Waals surface area (Å²) in [6.07, 6.45) is 0. The van der Waals surface area contributed by atoms with Gasteiger partial charge in [-0.1, -0.05) is 24.3 Å². The average Bonchev–Trinajstić information content (AvgIpc) is 2.56. The smallest absolute Gasteiger partial charge is 0.382 e. The third-order valence-electron chi connectivity index (χ3n) is 3.98. The van der Waals surface area contributed by atoms with Crippen LogP contribution < -0.4 is 0 Å². The molecular weight excluding hydrogens is 255 g/mol. The molecule has 1 fully saturated rings. The van der Waals surface area contributed by atoms with Crippen LogP contribution in [0.25, 0.3) is 0 Å². The maximum atomic E-state index is 11.2. The molecule has 0 radical (unpaired) electrons. The normalized spacial score (nSPS) is 20.1. The van der Waals surface area contributed by atoms with Crippen LogP contribution in [-0.2, 0) is 20.6 Å². The molecule has 20 heavy (non-hydrogen) atoms. The molecule has 1 saturated heterocycles. The summed E-state index contributed by atoms with van der Waals surface area (Å²) in [5, 5.41) is 0. The summed E-state index contributed by atoms with van der Waals surface area (Å²) in [4.78, 5) is 11.2. The highest BCUT2D eigenvalue weighted by atomic mass is 16.8. The quantitative estimate of drug-likeness (QED) is 0.626. The Morgan fingerprint density at radius 2 is 1.60 bits per heavy atom. The average molecular weight is 276 g/mol. The minimum absolute atomic E-state index is 0.0587. The first kappa shape index (κ1) is 15.2. The fraction of sp³-hybridized carbons (Fsp3) is 0.533. The van der Waals surface area contributed by atoms with Crippen LogP contribution >= 0.6 is 0 Å². The number of ketones is 1. The summed E-state index contributed by atoms with van der Waals surface area (Å²) in [5.41, 5.74) is 0.890. The second kappa shape index (κ2) is 5.32. The van der Waals surface area contributed by atoms with E-state index in [2.05, 4.69) is 0 Å². The predicted octanol–water partition coefficient (Wildman–Crippen LogP) is 2.99. The van der Waals surface area contributed by atoms with Gasteiger partial charge in [0.2, 0.25) is 0 Å².